The van der Waals surface area contributed by atoms with Crippen molar-refractivity contribution in [2.75, 3.05) is 6.54 Å². The molecular formula is C27H38FN5O3. The molecule has 4 atom stereocenters. The van der Waals surface area contributed by atoms with E-state index in [0.717, 1.165) is 37.7 Å². The van der Waals surface area contributed by atoms with Gasteiger partial charge in [-0.1, -0.05) is 38.8 Å². The Bertz CT molecular complexity index is 980. The van der Waals surface area contributed by atoms with Crippen LogP contribution in [0, 0.1) is 23.6 Å². The van der Waals surface area contributed by atoms with Gasteiger partial charge in [-0.05, 0) is 62.1 Å². The number of hydrogen-bond donors (Lipinski definition) is 2. The minimum absolute atomic E-state index is 0.0642. The van der Waals surface area contributed by atoms with Crippen LogP contribution in [0.5, 0.6) is 0 Å². The Morgan fingerprint density at radius 1 is 1.11 bits per heavy atom. The van der Waals surface area contributed by atoms with Crippen molar-refractivity contribution >= 4 is 17.8 Å². The summed E-state index contributed by atoms with van der Waals surface area (Å²) in [5.74, 6) is -0.252. The molecule has 0 spiro atoms. The molecule has 0 aromatic heterocycles. The molecule has 5 rings (SSSR count). The van der Waals surface area contributed by atoms with E-state index < -0.39 is 6.29 Å². The van der Waals surface area contributed by atoms with Crippen molar-refractivity contribution in [2.45, 2.75) is 90.1 Å². The van der Waals surface area contributed by atoms with Crippen LogP contribution in [0.4, 0.5) is 9.18 Å². The van der Waals surface area contributed by atoms with Crippen molar-refractivity contribution < 1.29 is 18.8 Å². The fourth-order valence-electron chi connectivity index (χ4n) is 6.26. The Kier molecular flexibility index (Phi) is 7.19. The lowest BCUT2D eigenvalue weighted by Crippen LogP contribution is -2.67. The molecule has 2 heterocycles. The molecule has 8 nitrogen and oxygen atoms in total. The van der Waals surface area contributed by atoms with E-state index >= 15 is 0 Å². The Morgan fingerprint density at radius 3 is 2.53 bits per heavy atom. The Hall–Kier alpha value is -2.68. The third-order valence-corrected chi connectivity index (χ3v) is 8.33. The van der Waals surface area contributed by atoms with E-state index in [2.05, 4.69) is 24.6 Å². The third-order valence-electron chi connectivity index (χ3n) is 8.33. The van der Waals surface area contributed by atoms with Crippen LogP contribution in [0.25, 0.3) is 0 Å². The van der Waals surface area contributed by atoms with Crippen LogP contribution in [0.1, 0.15) is 70.8 Å². The number of carbonyl (C=O) groups excluding carboxylic acids is 3. The first-order chi connectivity index (χ1) is 17.3. The van der Waals surface area contributed by atoms with Crippen LogP contribution in [-0.2, 0) is 16.1 Å². The van der Waals surface area contributed by atoms with Gasteiger partial charge in [-0.15, -0.1) is 0 Å². The van der Waals surface area contributed by atoms with Gasteiger partial charge in [0.1, 0.15) is 5.82 Å². The molecule has 4 aliphatic rings. The number of carbonyl (C=O) groups is 3. The van der Waals surface area contributed by atoms with Crippen LogP contribution >= 0.6 is 0 Å². The SMILES string of the molecule is CC(C)CCN1C(=O)C2CCC(C(=O)NC3CCCC3)CC2N2C(=O)N(Cc3ccc(F)cc3)NC12. The van der Waals surface area contributed by atoms with E-state index in [1.807, 2.05) is 4.90 Å². The molecule has 4 fully saturated rings. The molecule has 0 radical (unpaired) electrons. The fourth-order valence-corrected chi connectivity index (χ4v) is 6.26. The first kappa shape index (κ1) is 25.0. The standard InChI is InChI=1S/C27H38FN5O3/c1-17(2)13-14-31-25(35)22-12-9-19(24(34)29-21-5-3-4-6-21)15-23(22)33-26(31)30-32(27(33)36)16-18-7-10-20(28)11-8-18/h7-8,10-11,17,19,21-23,26,30H,3-6,9,12-16H2,1-2H3,(H,29,34). The van der Waals surface area contributed by atoms with Crippen molar-refractivity contribution in [1.82, 2.24) is 25.6 Å². The van der Waals surface area contributed by atoms with Crippen molar-refractivity contribution in [2.24, 2.45) is 17.8 Å². The van der Waals surface area contributed by atoms with Crippen molar-refractivity contribution in [3.63, 3.8) is 0 Å². The molecule has 4 unspecified atom stereocenters. The molecule has 9 heteroatoms. The zero-order valence-electron chi connectivity index (χ0n) is 21.3. The zero-order valence-corrected chi connectivity index (χ0v) is 21.3. The summed E-state index contributed by atoms with van der Waals surface area (Å²) in [7, 11) is 0. The van der Waals surface area contributed by atoms with Crippen LogP contribution in [-0.4, -0.2) is 57.6 Å². The number of nitrogens with one attached hydrogen (secondary N) is 2. The van der Waals surface area contributed by atoms with Crippen LogP contribution in [0.2, 0.25) is 0 Å². The predicted molar refractivity (Wildman–Crippen MR) is 132 cm³/mol. The van der Waals surface area contributed by atoms with E-state index in [-0.39, 0.29) is 54.1 Å². The van der Waals surface area contributed by atoms with Crippen LogP contribution in [0.3, 0.4) is 0 Å². The first-order valence-electron chi connectivity index (χ1n) is 13.5. The maximum absolute atomic E-state index is 13.7. The highest BCUT2D eigenvalue weighted by atomic mass is 19.1. The molecular weight excluding hydrogens is 461 g/mol. The highest BCUT2D eigenvalue weighted by Crippen LogP contribution is 2.41. The molecule has 2 saturated heterocycles. The molecule has 4 amide bonds. The molecule has 1 aromatic carbocycles. The Labute approximate surface area is 212 Å². The lowest BCUT2D eigenvalue weighted by molar-refractivity contribution is -0.159. The lowest BCUT2D eigenvalue weighted by atomic mass is 9.75. The molecule has 2 aliphatic carbocycles. The van der Waals surface area contributed by atoms with Gasteiger partial charge in [0, 0.05) is 24.5 Å². The topological polar surface area (TPSA) is 85.0 Å². The number of halogens is 1. The number of urea groups is 1. The average Bonchev–Trinajstić information content (AvgIpc) is 3.48. The minimum atomic E-state index is -0.568. The summed E-state index contributed by atoms with van der Waals surface area (Å²) in [5, 5.41) is 4.75. The van der Waals surface area contributed by atoms with Gasteiger partial charge in [0.25, 0.3) is 0 Å². The second-order valence-corrected chi connectivity index (χ2v) is 11.3. The quantitative estimate of drug-likeness (QED) is 0.601. The molecule has 1 aromatic rings. The summed E-state index contributed by atoms with van der Waals surface area (Å²) in [6.07, 6.45) is 6.42. The second-order valence-electron chi connectivity index (χ2n) is 11.3. The largest absolute Gasteiger partial charge is 0.353 e. The number of hydrogen-bond acceptors (Lipinski definition) is 4. The van der Waals surface area contributed by atoms with Crippen LogP contribution < -0.4 is 10.7 Å². The third kappa shape index (κ3) is 4.94. The lowest BCUT2D eigenvalue weighted by Gasteiger charge is -2.50. The summed E-state index contributed by atoms with van der Waals surface area (Å²) in [4.78, 5) is 44.1. The average molecular weight is 500 g/mol. The van der Waals surface area contributed by atoms with Gasteiger partial charge in [0.2, 0.25) is 11.8 Å². The van der Waals surface area contributed by atoms with Gasteiger partial charge >= 0.3 is 6.03 Å². The molecule has 2 saturated carbocycles. The maximum Gasteiger partial charge on any atom is 0.337 e. The van der Waals surface area contributed by atoms with Crippen molar-refractivity contribution in [3.05, 3.63) is 35.6 Å². The predicted octanol–water partition coefficient (Wildman–Crippen LogP) is 3.58. The minimum Gasteiger partial charge on any atom is -0.353 e. The fraction of sp³-hybridized carbons (Fsp3) is 0.667. The summed E-state index contributed by atoms with van der Waals surface area (Å²) in [5.41, 5.74) is 4.06. The normalized spacial score (nSPS) is 28.6. The van der Waals surface area contributed by atoms with E-state index in [4.69, 9.17) is 0 Å². The number of benzene rings is 1. The molecule has 0 bridgehead atoms. The molecule has 2 aliphatic heterocycles. The Morgan fingerprint density at radius 2 is 1.83 bits per heavy atom. The van der Waals surface area contributed by atoms with Gasteiger partial charge in [-0.2, -0.15) is 5.43 Å². The zero-order chi connectivity index (χ0) is 25.4. The first-order valence-corrected chi connectivity index (χ1v) is 13.5. The van der Waals surface area contributed by atoms with Gasteiger partial charge in [-0.25, -0.2) is 9.18 Å². The van der Waals surface area contributed by atoms with Gasteiger partial charge in [0.15, 0.2) is 6.29 Å². The van der Waals surface area contributed by atoms with Crippen molar-refractivity contribution in [3.8, 4) is 0 Å². The van der Waals surface area contributed by atoms with E-state index in [1.54, 1.807) is 17.0 Å². The monoisotopic (exact) mass is 499 g/mol. The number of nitrogens with zero attached hydrogens (tertiary/aromatic N) is 3. The Balaban J connectivity index is 1.36. The van der Waals surface area contributed by atoms with Gasteiger partial charge in [-0.3, -0.25) is 19.5 Å². The van der Waals surface area contributed by atoms with Crippen LogP contribution in [0.15, 0.2) is 24.3 Å². The second kappa shape index (κ2) is 10.4. The number of hydrazine groups is 1. The highest BCUT2D eigenvalue weighted by Gasteiger charge is 2.55. The van der Waals surface area contributed by atoms with E-state index in [0.29, 0.717) is 31.7 Å². The number of fused-ring (bicyclic) bond motifs is 3. The molecule has 36 heavy (non-hydrogen) atoms. The number of amides is 4. The smallest absolute Gasteiger partial charge is 0.337 e. The van der Waals surface area contributed by atoms with Gasteiger partial charge in [0.05, 0.1) is 12.5 Å². The number of rotatable bonds is 7. The van der Waals surface area contributed by atoms with Crippen molar-refractivity contribution in [1.29, 1.82) is 0 Å². The van der Waals surface area contributed by atoms with E-state index in [1.165, 1.54) is 17.1 Å². The summed E-state index contributed by atoms with van der Waals surface area (Å²) in [6, 6.07) is 5.83. The maximum atomic E-state index is 13.7. The highest BCUT2D eigenvalue weighted by molar-refractivity contribution is 5.87. The molecule has 2 N–H and O–H groups in total. The molecule has 196 valence electrons. The summed E-state index contributed by atoms with van der Waals surface area (Å²) >= 11 is 0. The summed E-state index contributed by atoms with van der Waals surface area (Å²) in [6.45, 7) is 5.08. The summed E-state index contributed by atoms with van der Waals surface area (Å²) < 4.78 is 13.4. The van der Waals surface area contributed by atoms with E-state index in [9.17, 15) is 18.8 Å². The van der Waals surface area contributed by atoms with Gasteiger partial charge < -0.3 is 10.2 Å².